The van der Waals surface area contributed by atoms with Crippen LogP contribution >= 0.6 is 0 Å². The molecule has 1 aromatic carbocycles. The van der Waals surface area contributed by atoms with Crippen LogP contribution in [0.5, 0.6) is 5.75 Å². The third-order valence-electron chi connectivity index (χ3n) is 6.99. The lowest BCUT2D eigenvalue weighted by Crippen LogP contribution is -2.49. The number of fused-ring (bicyclic) bond motifs is 2. The molecule has 2 aliphatic heterocycles. The molecular weight excluding hydrogens is 396 g/mol. The van der Waals surface area contributed by atoms with Crippen molar-refractivity contribution in [3.05, 3.63) is 56.5 Å². The van der Waals surface area contributed by atoms with Gasteiger partial charge in [0.15, 0.2) is 5.58 Å². The second-order valence-corrected chi connectivity index (χ2v) is 9.01. The number of aromatic hydroxyl groups is 1. The fourth-order valence-corrected chi connectivity index (χ4v) is 5.11. The van der Waals surface area contributed by atoms with E-state index in [1.165, 1.54) is 0 Å². The standard InChI is InChI=1S/C23H28N4O4/c1-15-18(23(29)26-10-3-2-4-21(26)24-15)9-13-27(30)11-7-16(8-12-27)22-19-6-5-17(28)14-20(19)31-25-22/h5-6,14,16,28H,2-4,7-13H2,1H3. The molecule has 0 unspecified atom stereocenters. The first-order valence-corrected chi connectivity index (χ1v) is 11.2. The summed E-state index contributed by atoms with van der Waals surface area (Å²) in [5, 5.41) is 28.1. The molecule has 164 valence electrons. The van der Waals surface area contributed by atoms with Gasteiger partial charge in [-0.25, -0.2) is 4.98 Å². The molecular formula is C23H28N4O4. The quantitative estimate of drug-likeness (QED) is 0.510. The number of hydrogen-bond acceptors (Lipinski definition) is 6. The Bertz CT molecular complexity index is 1170. The number of hydrogen-bond donors (Lipinski definition) is 1. The first-order chi connectivity index (χ1) is 14.9. The highest BCUT2D eigenvalue weighted by atomic mass is 16.5. The van der Waals surface area contributed by atoms with Crippen molar-refractivity contribution in [2.24, 2.45) is 0 Å². The molecule has 0 radical (unpaired) electrons. The van der Waals surface area contributed by atoms with Gasteiger partial charge < -0.3 is 19.5 Å². The number of nitrogens with zero attached hydrogens (tertiary/aromatic N) is 4. The lowest BCUT2D eigenvalue weighted by Gasteiger charge is -2.47. The number of likely N-dealkylation sites (tertiary alicyclic amines) is 1. The second kappa shape index (κ2) is 7.76. The maximum absolute atomic E-state index is 13.4. The molecule has 2 aromatic heterocycles. The molecule has 31 heavy (non-hydrogen) atoms. The van der Waals surface area contributed by atoms with Gasteiger partial charge >= 0.3 is 0 Å². The minimum atomic E-state index is -0.284. The summed E-state index contributed by atoms with van der Waals surface area (Å²) < 4.78 is 6.90. The summed E-state index contributed by atoms with van der Waals surface area (Å²) in [5.74, 6) is 1.21. The highest BCUT2D eigenvalue weighted by molar-refractivity contribution is 5.81. The van der Waals surface area contributed by atoms with Gasteiger partial charge in [0.1, 0.15) is 11.6 Å². The van der Waals surface area contributed by atoms with Crippen LogP contribution in [0.25, 0.3) is 11.0 Å². The third kappa shape index (κ3) is 3.74. The van der Waals surface area contributed by atoms with E-state index in [0.29, 0.717) is 37.2 Å². The first-order valence-electron chi connectivity index (χ1n) is 11.2. The van der Waals surface area contributed by atoms with E-state index in [2.05, 4.69) is 10.1 Å². The van der Waals surface area contributed by atoms with Crippen molar-refractivity contribution >= 4 is 11.0 Å². The van der Waals surface area contributed by atoms with Gasteiger partial charge in [0.25, 0.3) is 5.56 Å². The Morgan fingerprint density at radius 1 is 1.29 bits per heavy atom. The zero-order chi connectivity index (χ0) is 21.6. The molecule has 0 atom stereocenters. The Morgan fingerprint density at radius 2 is 2.10 bits per heavy atom. The molecule has 3 aromatic rings. The molecule has 0 spiro atoms. The Labute approximate surface area is 180 Å². The lowest BCUT2D eigenvalue weighted by atomic mass is 9.91. The van der Waals surface area contributed by atoms with E-state index < -0.39 is 0 Å². The average Bonchev–Trinajstić information content (AvgIpc) is 3.17. The summed E-state index contributed by atoms with van der Waals surface area (Å²) in [4.78, 5) is 17.6. The monoisotopic (exact) mass is 424 g/mol. The average molecular weight is 425 g/mol. The summed E-state index contributed by atoms with van der Waals surface area (Å²) in [6, 6.07) is 5.02. The Balaban J connectivity index is 1.27. The molecule has 8 nitrogen and oxygen atoms in total. The lowest BCUT2D eigenvalue weighted by molar-refractivity contribution is -0.885. The summed E-state index contributed by atoms with van der Waals surface area (Å²) in [5.41, 5.74) is 2.95. The van der Waals surface area contributed by atoms with E-state index in [0.717, 1.165) is 61.2 Å². The van der Waals surface area contributed by atoms with Gasteiger partial charge in [-0.3, -0.25) is 9.36 Å². The SMILES string of the molecule is Cc1nc2n(c(=O)c1CC[N+]1([O-])CCC(c3noc4cc(O)ccc34)CC1)CCCC2. The number of quaternary nitrogens is 1. The number of aromatic nitrogens is 3. The van der Waals surface area contributed by atoms with Crippen LogP contribution in [0.1, 0.15) is 54.4 Å². The molecule has 8 heteroatoms. The van der Waals surface area contributed by atoms with Crippen molar-refractivity contribution < 1.29 is 14.3 Å². The predicted molar refractivity (Wildman–Crippen MR) is 116 cm³/mol. The fraction of sp³-hybridized carbons (Fsp3) is 0.522. The van der Waals surface area contributed by atoms with Crippen LogP contribution in [0.3, 0.4) is 0 Å². The van der Waals surface area contributed by atoms with Crippen molar-refractivity contribution in [2.45, 2.75) is 57.9 Å². The van der Waals surface area contributed by atoms with Crippen LogP contribution in [-0.2, 0) is 19.4 Å². The van der Waals surface area contributed by atoms with Crippen LogP contribution in [0.15, 0.2) is 27.5 Å². The minimum absolute atomic E-state index is 0.0426. The molecule has 2 aliphatic rings. The number of phenolic OH excluding ortho intramolecular Hbond substituents is 1. The summed E-state index contributed by atoms with van der Waals surface area (Å²) >= 11 is 0. The molecule has 0 aliphatic carbocycles. The summed E-state index contributed by atoms with van der Waals surface area (Å²) in [6.07, 6.45) is 4.87. The normalized spacial score (nSPS) is 23.7. The number of rotatable bonds is 4. The maximum atomic E-state index is 13.4. The number of piperidine rings is 1. The number of hydroxylamine groups is 3. The van der Waals surface area contributed by atoms with Gasteiger partial charge in [-0.05, 0) is 31.9 Å². The van der Waals surface area contributed by atoms with E-state index >= 15 is 0 Å². The van der Waals surface area contributed by atoms with Gasteiger partial charge in [0.2, 0.25) is 0 Å². The molecule has 1 N–H and O–H groups in total. The first kappa shape index (κ1) is 20.2. The van der Waals surface area contributed by atoms with Crippen molar-refractivity contribution in [2.75, 3.05) is 19.6 Å². The Morgan fingerprint density at radius 3 is 2.90 bits per heavy atom. The van der Waals surface area contributed by atoms with Crippen molar-refractivity contribution in [1.82, 2.24) is 14.7 Å². The topological polar surface area (TPSA) is 104 Å². The fourth-order valence-electron chi connectivity index (χ4n) is 5.11. The number of phenols is 1. The van der Waals surface area contributed by atoms with Gasteiger partial charge in [-0.1, -0.05) is 5.16 Å². The van der Waals surface area contributed by atoms with Crippen LogP contribution in [0, 0.1) is 12.1 Å². The minimum Gasteiger partial charge on any atom is -0.633 e. The van der Waals surface area contributed by atoms with E-state index in [1.54, 1.807) is 16.7 Å². The zero-order valence-corrected chi connectivity index (χ0v) is 17.8. The summed E-state index contributed by atoms with van der Waals surface area (Å²) in [7, 11) is 0. The molecule has 0 amide bonds. The van der Waals surface area contributed by atoms with Gasteiger partial charge in [0, 0.05) is 60.9 Å². The van der Waals surface area contributed by atoms with Crippen molar-refractivity contribution in [3.63, 3.8) is 0 Å². The van der Waals surface area contributed by atoms with E-state index in [-0.39, 0.29) is 21.9 Å². The molecule has 0 saturated carbocycles. The van der Waals surface area contributed by atoms with Gasteiger partial charge in [-0.2, -0.15) is 0 Å². The number of aryl methyl sites for hydroxylation is 2. The van der Waals surface area contributed by atoms with Crippen LogP contribution in [-0.4, -0.2) is 44.1 Å². The highest BCUT2D eigenvalue weighted by Crippen LogP contribution is 2.35. The molecule has 0 bridgehead atoms. The van der Waals surface area contributed by atoms with E-state index in [9.17, 15) is 15.1 Å². The predicted octanol–water partition coefficient (Wildman–Crippen LogP) is 3.17. The van der Waals surface area contributed by atoms with Gasteiger partial charge in [0.05, 0.1) is 25.3 Å². The third-order valence-corrected chi connectivity index (χ3v) is 6.99. The Hall–Kier alpha value is -2.71. The highest BCUT2D eigenvalue weighted by Gasteiger charge is 2.31. The molecule has 4 heterocycles. The molecule has 1 saturated heterocycles. The summed E-state index contributed by atoms with van der Waals surface area (Å²) in [6.45, 7) is 4.01. The molecule has 1 fully saturated rings. The van der Waals surface area contributed by atoms with E-state index in [1.807, 2.05) is 13.0 Å². The smallest absolute Gasteiger partial charge is 0.257 e. The van der Waals surface area contributed by atoms with Crippen molar-refractivity contribution in [1.29, 1.82) is 0 Å². The van der Waals surface area contributed by atoms with Gasteiger partial charge in [-0.15, -0.1) is 0 Å². The van der Waals surface area contributed by atoms with Crippen LogP contribution < -0.4 is 5.56 Å². The largest absolute Gasteiger partial charge is 0.633 e. The van der Waals surface area contributed by atoms with Crippen LogP contribution in [0.4, 0.5) is 0 Å². The Kier molecular flexibility index (Phi) is 5.06. The van der Waals surface area contributed by atoms with Crippen LogP contribution in [0.2, 0.25) is 0 Å². The zero-order valence-electron chi connectivity index (χ0n) is 17.8. The maximum Gasteiger partial charge on any atom is 0.257 e. The van der Waals surface area contributed by atoms with Crippen molar-refractivity contribution in [3.8, 4) is 5.75 Å². The molecule has 5 rings (SSSR count). The second-order valence-electron chi connectivity index (χ2n) is 9.01. The number of benzene rings is 1. The van der Waals surface area contributed by atoms with E-state index in [4.69, 9.17) is 4.52 Å².